The number of fused-ring (bicyclic) bond motifs is 1. The molecule has 0 spiro atoms. The van der Waals surface area contributed by atoms with E-state index in [0.717, 1.165) is 29.9 Å². The van der Waals surface area contributed by atoms with Gasteiger partial charge >= 0.3 is 0 Å². The smallest absolute Gasteiger partial charge is 0.166 e. The van der Waals surface area contributed by atoms with E-state index in [9.17, 15) is 0 Å². The number of hydrogen-bond donors (Lipinski definition) is 2. The zero-order valence-electron chi connectivity index (χ0n) is 11.1. The molecule has 1 atom stereocenters. The quantitative estimate of drug-likeness (QED) is 0.622. The van der Waals surface area contributed by atoms with Gasteiger partial charge in [-0.2, -0.15) is 0 Å². The molecule has 0 radical (unpaired) electrons. The molecule has 1 unspecified atom stereocenters. The van der Waals surface area contributed by atoms with E-state index in [1.807, 2.05) is 12.1 Å². The van der Waals surface area contributed by atoms with Gasteiger partial charge in [0.15, 0.2) is 11.5 Å². The molecule has 1 aromatic rings. The number of benzene rings is 1. The van der Waals surface area contributed by atoms with Crippen molar-refractivity contribution in [3.8, 4) is 11.5 Å². The van der Waals surface area contributed by atoms with E-state index in [2.05, 4.69) is 25.3 Å². The molecule has 0 saturated heterocycles. The summed E-state index contributed by atoms with van der Waals surface area (Å²) >= 11 is 0. The molecule has 0 amide bonds. The van der Waals surface area contributed by atoms with Crippen molar-refractivity contribution in [2.45, 2.75) is 32.7 Å². The molecule has 0 saturated carbocycles. The van der Waals surface area contributed by atoms with Crippen LogP contribution in [0.2, 0.25) is 0 Å². The summed E-state index contributed by atoms with van der Waals surface area (Å²) in [6.45, 7) is 5.65. The second-order valence-corrected chi connectivity index (χ2v) is 5.06. The fourth-order valence-electron chi connectivity index (χ4n) is 2.20. The fraction of sp³-hybridized carbons (Fsp3) is 0.571. The highest BCUT2D eigenvalue weighted by atomic mass is 16.6. The molecule has 0 aliphatic carbocycles. The van der Waals surface area contributed by atoms with Gasteiger partial charge in [0, 0.05) is 11.6 Å². The van der Waals surface area contributed by atoms with Crippen LogP contribution in [-0.2, 0) is 0 Å². The Hall–Kier alpha value is -1.26. The van der Waals surface area contributed by atoms with Crippen molar-refractivity contribution in [3.63, 3.8) is 0 Å². The molecular formula is C14H22N2O2. The lowest BCUT2D eigenvalue weighted by Gasteiger charge is -2.25. The van der Waals surface area contributed by atoms with E-state index in [0.29, 0.717) is 19.1 Å². The first-order valence-electron chi connectivity index (χ1n) is 6.57. The lowest BCUT2D eigenvalue weighted by Crippen LogP contribution is -2.29. The molecule has 18 heavy (non-hydrogen) atoms. The highest BCUT2D eigenvalue weighted by Gasteiger charge is 2.21. The fourth-order valence-corrected chi connectivity index (χ4v) is 2.20. The standard InChI is InChI=1S/C14H22N2O2/c1-10(2)6-7-12(16-15)11-4-3-5-13-14(11)18-9-8-17-13/h3-5,10,12,16H,6-9,15H2,1-2H3. The first-order chi connectivity index (χ1) is 8.72. The molecule has 1 aliphatic rings. The third-order valence-electron chi connectivity index (χ3n) is 3.21. The van der Waals surface area contributed by atoms with Crippen LogP contribution in [0.25, 0.3) is 0 Å². The lowest BCUT2D eigenvalue weighted by molar-refractivity contribution is 0.168. The van der Waals surface area contributed by atoms with Gasteiger partial charge < -0.3 is 9.47 Å². The van der Waals surface area contributed by atoms with Gasteiger partial charge in [-0.1, -0.05) is 26.0 Å². The maximum Gasteiger partial charge on any atom is 0.166 e. The molecular weight excluding hydrogens is 228 g/mol. The average molecular weight is 250 g/mol. The summed E-state index contributed by atoms with van der Waals surface area (Å²) in [5.74, 6) is 8.01. The number of hydrogen-bond acceptors (Lipinski definition) is 4. The highest BCUT2D eigenvalue weighted by Crippen LogP contribution is 2.38. The van der Waals surface area contributed by atoms with E-state index in [-0.39, 0.29) is 6.04 Å². The van der Waals surface area contributed by atoms with Gasteiger partial charge in [0.2, 0.25) is 0 Å². The Balaban J connectivity index is 2.19. The Morgan fingerprint density at radius 1 is 1.22 bits per heavy atom. The maximum atomic E-state index is 5.72. The van der Waals surface area contributed by atoms with Crippen LogP contribution < -0.4 is 20.7 Å². The van der Waals surface area contributed by atoms with Crippen LogP contribution in [0.15, 0.2) is 18.2 Å². The topological polar surface area (TPSA) is 56.5 Å². The van der Waals surface area contributed by atoms with Gasteiger partial charge in [0.1, 0.15) is 13.2 Å². The van der Waals surface area contributed by atoms with E-state index in [4.69, 9.17) is 15.3 Å². The normalized spacial score (nSPS) is 15.8. The van der Waals surface area contributed by atoms with Crippen LogP contribution in [0, 0.1) is 5.92 Å². The van der Waals surface area contributed by atoms with Crippen molar-refractivity contribution in [1.29, 1.82) is 0 Å². The Morgan fingerprint density at radius 2 is 2.00 bits per heavy atom. The lowest BCUT2D eigenvalue weighted by atomic mass is 9.97. The van der Waals surface area contributed by atoms with E-state index < -0.39 is 0 Å². The van der Waals surface area contributed by atoms with Crippen LogP contribution in [0.4, 0.5) is 0 Å². The van der Waals surface area contributed by atoms with Gasteiger partial charge in [0.05, 0.1) is 0 Å². The largest absolute Gasteiger partial charge is 0.486 e. The molecule has 1 aromatic carbocycles. The predicted molar refractivity (Wildman–Crippen MR) is 71.6 cm³/mol. The minimum atomic E-state index is 0.115. The monoisotopic (exact) mass is 250 g/mol. The number of para-hydroxylation sites is 1. The number of ether oxygens (including phenoxy) is 2. The third-order valence-corrected chi connectivity index (χ3v) is 3.21. The summed E-state index contributed by atoms with van der Waals surface area (Å²) in [5.41, 5.74) is 3.98. The van der Waals surface area contributed by atoms with Crippen molar-refractivity contribution >= 4 is 0 Å². The van der Waals surface area contributed by atoms with Gasteiger partial charge in [-0.15, -0.1) is 0 Å². The second kappa shape index (κ2) is 6.07. The van der Waals surface area contributed by atoms with Crippen LogP contribution in [-0.4, -0.2) is 13.2 Å². The molecule has 2 rings (SSSR count). The molecule has 1 heterocycles. The van der Waals surface area contributed by atoms with Crippen LogP contribution in [0.3, 0.4) is 0 Å². The molecule has 1 aliphatic heterocycles. The van der Waals surface area contributed by atoms with Gasteiger partial charge in [-0.3, -0.25) is 11.3 Å². The van der Waals surface area contributed by atoms with Crippen molar-refractivity contribution in [2.75, 3.05) is 13.2 Å². The summed E-state index contributed by atoms with van der Waals surface area (Å²) < 4.78 is 11.3. The molecule has 0 fully saturated rings. The Morgan fingerprint density at radius 3 is 2.72 bits per heavy atom. The van der Waals surface area contributed by atoms with Crippen LogP contribution >= 0.6 is 0 Å². The molecule has 3 N–H and O–H groups in total. The SMILES string of the molecule is CC(C)CCC(NN)c1cccc2c1OCCO2. The Labute approximate surface area is 108 Å². The third kappa shape index (κ3) is 2.94. The van der Waals surface area contributed by atoms with Crippen molar-refractivity contribution in [3.05, 3.63) is 23.8 Å². The number of rotatable bonds is 5. The molecule has 0 aromatic heterocycles. The van der Waals surface area contributed by atoms with Crippen LogP contribution in [0.5, 0.6) is 11.5 Å². The van der Waals surface area contributed by atoms with Gasteiger partial charge in [-0.05, 0) is 24.8 Å². The molecule has 100 valence electrons. The van der Waals surface area contributed by atoms with Crippen molar-refractivity contribution < 1.29 is 9.47 Å². The molecule has 4 nitrogen and oxygen atoms in total. The number of hydrazine groups is 1. The number of nitrogens with one attached hydrogen (secondary N) is 1. The van der Waals surface area contributed by atoms with Crippen molar-refractivity contribution in [2.24, 2.45) is 11.8 Å². The number of nitrogens with two attached hydrogens (primary N) is 1. The molecule has 0 bridgehead atoms. The summed E-state index contributed by atoms with van der Waals surface area (Å²) in [5, 5.41) is 0. The van der Waals surface area contributed by atoms with Crippen molar-refractivity contribution in [1.82, 2.24) is 5.43 Å². The zero-order chi connectivity index (χ0) is 13.0. The minimum absolute atomic E-state index is 0.115. The summed E-state index contributed by atoms with van der Waals surface area (Å²) in [4.78, 5) is 0. The van der Waals surface area contributed by atoms with E-state index in [1.165, 1.54) is 0 Å². The molecule has 4 heteroatoms. The van der Waals surface area contributed by atoms with Crippen LogP contribution in [0.1, 0.15) is 38.3 Å². The first kappa shape index (κ1) is 13.2. The zero-order valence-corrected chi connectivity index (χ0v) is 11.1. The second-order valence-electron chi connectivity index (χ2n) is 5.06. The average Bonchev–Trinajstić information content (AvgIpc) is 2.39. The highest BCUT2D eigenvalue weighted by molar-refractivity contribution is 5.48. The summed E-state index contributed by atoms with van der Waals surface area (Å²) in [6, 6.07) is 6.10. The maximum absolute atomic E-state index is 5.72. The Kier molecular flexibility index (Phi) is 4.44. The van der Waals surface area contributed by atoms with Gasteiger partial charge in [-0.25, -0.2) is 0 Å². The summed E-state index contributed by atoms with van der Waals surface area (Å²) in [7, 11) is 0. The predicted octanol–water partition coefficient (Wildman–Crippen LogP) is 2.40. The van der Waals surface area contributed by atoms with E-state index in [1.54, 1.807) is 0 Å². The first-order valence-corrected chi connectivity index (χ1v) is 6.57. The Bertz CT molecular complexity index is 393. The van der Waals surface area contributed by atoms with E-state index >= 15 is 0 Å². The summed E-state index contributed by atoms with van der Waals surface area (Å²) in [6.07, 6.45) is 2.12. The van der Waals surface area contributed by atoms with Gasteiger partial charge in [0.25, 0.3) is 0 Å². The minimum Gasteiger partial charge on any atom is -0.486 e.